The molecule has 0 spiro atoms. The lowest BCUT2D eigenvalue weighted by molar-refractivity contribution is -0.0724. The van der Waals surface area contributed by atoms with Gasteiger partial charge in [0.2, 0.25) is 0 Å². The van der Waals surface area contributed by atoms with Gasteiger partial charge in [-0.1, -0.05) is 30.7 Å². The van der Waals surface area contributed by atoms with Crippen LogP contribution in [0.4, 0.5) is 0 Å². The molecule has 0 saturated heterocycles. The number of halogens is 1. The third-order valence-electron chi connectivity index (χ3n) is 2.97. The molecule has 2 aromatic rings. The van der Waals surface area contributed by atoms with E-state index in [0.29, 0.717) is 6.04 Å². The van der Waals surface area contributed by atoms with E-state index >= 15 is 0 Å². The van der Waals surface area contributed by atoms with E-state index in [-0.39, 0.29) is 12.4 Å². The normalized spacial score (nSPS) is 12.0. The van der Waals surface area contributed by atoms with Crippen molar-refractivity contribution in [3.05, 3.63) is 52.2 Å². The lowest BCUT2D eigenvalue weighted by atomic mass is 10.2. The summed E-state index contributed by atoms with van der Waals surface area (Å²) in [6.07, 6.45) is 1.03. The fourth-order valence-electron chi connectivity index (χ4n) is 1.95. The molecule has 0 aliphatic rings. The van der Waals surface area contributed by atoms with Crippen LogP contribution in [0.5, 0.6) is 5.75 Å². The van der Waals surface area contributed by atoms with Gasteiger partial charge >= 0.3 is 0 Å². The highest BCUT2D eigenvalue weighted by molar-refractivity contribution is 7.10. The number of benzene rings is 1. The maximum atomic E-state index is 5.89. The molecule has 2 rings (SSSR count). The van der Waals surface area contributed by atoms with E-state index < -0.39 is 0 Å². The Kier molecular flexibility index (Phi) is 6.35. The molecule has 1 heterocycles. The number of thiophene rings is 1. The monoisotopic (exact) mass is 297 g/mol. The van der Waals surface area contributed by atoms with Crippen molar-refractivity contribution in [1.82, 2.24) is 5.06 Å². The Bertz CT molecular complexity index is 469. The summed E-state index contributed by atoms with van der Waals surface area (Å²) in [7, 11) is 1.99. The van der Waals surface area contributed by atoms with Gasteiger partial charge in [0, 0.05) is 11.9 Å². The van der Waals surface area contributed by atoms with Crippen LogP contribution in [0.3, 0.4) is 0 Å². The standard InChI is InChI=1S/C15H19NOS.ClH/c1-4-14(15-6-5-11-18-15)16(3)17-13-9-7-12(2)8-10-13;/h5-11,14H,4H2,1-3H3;1H. The summed E-state index contributed by atoms with van der Waals surface area (Å²) in [6, 6.07) is 12.7. The largest absolute Gasteiger partial charge is 0.406 e. The van der Waals surface area contributed by atoms with E-state index in [9.17, 15) is 0 Å². The van der Waals surface area contributed by atoms with Crippen LogP contribution in [0.2, 0.25) is 0 Å². The lowest BCUT2D eigenvalue weighted by Crippen LogP contribution is -2.27. The third kappa shape index (κ3) is 4.23. The van der Waals surface area contributed by atoms with Gasteiger partial charge in [-0.2, -0.15) is 0 Å². The third-order valence-corrected chi connectivity index (χ3v) is 3.94. The van der Waals surface area contributed by atoms with Crippen LogP contribution in [0.15, 0.2) is 41.8 Å². The van der Waals surface area contributed by atoms with E-state index in [1.165, 1.54) is 10.4 Å². The van der Waals surface area contributed by atoms with E-state index in [4.69, 9.17) is 4.84 Å². The Balaban J connectivity index is 0.00000180. The molecular formula is C15H20ClNOS. The Labute approximate surface area is 125 Å². The van der Waals surface area contributed by atoms with Gasteiger partial charge in [-0.15, -0.1) is 28.8 Å². The summed E-state index contributed by atoms with van der Waals surface area (Å²) < 4.78 is 0. The summed E-state index contributed by atoms with van der Waals surface area (Å²) in [5.74, 6) is 0.887. The van der Waals surface area contributed by atoms with Crippen molar-refractivity contribution in [1.29, 1.82) is 0 Å². The topological polar surface area (TPSA) is 12.5 Å². The fraction of sp³-hybridized carbons (Fsp3) is 0.333. The Hall–Kier alpha value is -1.03. The van der Waals surface area contributed by atoms with Crippen LogP contribution < -0.4 is 4.84 Å². The molecular weight excluding hydrogens is 278 g/mol. The number of aryl methyl sites for hydroxylation is 1. The van der Waals surface area contributed by atoms with E-state index in [0.717, 1.165) is 12.2 Å². The zero-order valence-electron chi connectivity index (χ0n) is 11.5. The van der Waals surface area contributed by atoms with Gasteiger partial charge in [0.1, 0.15) is 5.75 Å². The Morgan fingerprint density at radius 1 is 1.21 bits per heavy atom. The minimum atomic E-state index is 0. The van der Waals surface area contributed by atoms with Gasteiger partial charge in [0.05, 0.1) is 6.04 Å². The molecule has 19 heavy (non-hydrogen) atoms. The van der Waals surface area contributed by atoms with Crippen LogP contribution >= 0.6 is 23.7 Å². The predicted octanol–water partition coefficient (Wildman–Crippen LogP) is 4.86. The molecule has 0 saturated carbocycles. The first-order valence-corrected chi connectivity index (χ1v) is 7.09. The van der Waals surface area contributed by atoms with Crippen molar-refractivity contribution < 1.29 is 4.84 Å². The average Bonchev–Trinajstić information content (AvgIpc) is 2.87. The van der Waals surface area contributed by atoms with Gasteiger partial charge < -0.3 is 4.84 Å². The molecule has 0 N–H and O–H groups in total. The second kappa shape index (κ2) is 7.53. The summed E-state index contributed by atoms with van der Waals surface area (Å²) >= 11 is 1.78. The van der Waals surface area contributed by atoms with Crippen molar-refractivity contribution >= 4 is 23.7 Å². The van der Waals surface area contributed by atoms with Crippen molar-refractivity contribution in [2.45, 2.75) is 26.3 Å². The summed E-state index contributed by atoms with van der Waals surface area (Å²) in [5.41, 5.74) is 1.25. The molecule has 104 valence electrons. The maximum absolute atomic E-state index is 5.89. The van der Waals surface area contributed by atoms with Crippen LogP contribution in [0.1, 0.15) is 29.8 Å². The second-order valence-electron chi connectivity index (χ2n) is 4.39. The molecule has 0 aliphatic carbocycles. The molecule has 0 radical (unpaired) electrons. The van der Waals surface area contributed by atoms with Crippen molar-refractivity contribution in [3.63, 3.8) is 0 Å². The number of rotatable bonds is 5. The number of hydrogen-bond acceptors (Lipinski definition) is 3. The summed E-state index contributed by atoms with van der Waals surface area (Å²) in [4.78, 5) is 7.23. The van der Waals surface area contributed by atoms with E-state index in [1.807, 2.05) is 24.2 Å². The van der Waals surface area contributed by atoms with E-state index in [1.54, 1.807) is 11.3 Å². The first kappa shape index (κ1) is 16.0. The molecule has 0 amide bonds. The van der Waals surface area contributed by atoms with E-state index in [2.05, 4.69) is 43.5 Å². The van der Waals surface area contributed by atoms with Gasteiger partial charge in [0.15, 0.2) is 0 Å². The molecule has 1 unspecified atom stereocenters. The first-order chi connectivity index (χ1) is 8.70. The highest BCUT2D eigenvalue weighted by Crippen LogP contribution is 2.28. The number of hydrogen-bond donors (Lipinski definition) is 0. The van der Waals surface area contributed by atoms with Gasteiger partial charge in [-0.05, 0) is 36.9 Å². The van der Waals surface area contributed by atoms with Crippen molar-refractivity contribution in [2.75, 3.05) is 7.05 Å². The Morgan fingerprint density at radius 2 is 1.89 bits per heavy atom. The molecule has 4 heteroatoms. The molecule has 1 aromatic heterocycles. The predicted molar refractivity (Wildman–Crippen MR) is 84.2 cm³/mol. The minimum absolute atomic E-state index is 0. The smallest absolute Gasteiger partial charge is 0.147 e. The van der Waals surface area contributed by atoms with Crippen LogP contribution in [0, 0.1) is 6.92 Å². The number of hydroxylamine groups is 2. The number of nitrogens with zero attached hydrogens (tertiary/aromatic N) is 1. The minimum Gasteiger partial charge on any atom is -0.406 e. The molecule has 1 atom stereocenters. The highest BCUT2D eigenvalue weighted by atomic mass is 35.5. The van der Waals surface area contributed by atoms with Crippen LogP contribution in [0.25, 0.3) is 0 Å². The summed E-state index contributed by atoms with van der Waals surface area (Å²) in [6.45, 7) is 4.26. The Morgan fingerprint density at radius 3 is 2.42 bits per heavy atom. The van der Waals surface area contributed by atoms with Crippen LogP contribution in [-0.2, 0) is 0 Å². The zero-order valence-corrected chi connectivity index (χ0v) is 13.1. The van der Waals surface area contributed by atoms with Crippen molar-refractivity contribution in [2.24, 2.45) is 0 Å². The maximum Gasteiger partial charge on any atom is 0.147 e. The second-order valence-corrected chi connectivity index (χ2v) is 5.37. The molecule has 2 nitrogen and oxygen atoms in total. The average molecular weight is 298 g/mol. The molecule has 1 aromatic carbocycles. The van der Waals surface area contributed by atoms with Crippen LogP contribution in [-0.4, -0.2) is 12.1 Å². The molecule has 0 bridgehead atoms. The molecule has 0 aliphatic heterocycles. The van der Waals surface area contributed by atoms with Crippen molar-refractivity contribution in [3.8, 4) is 5.75 Å². The van der Waals surface area contributed by atoms with Gasteiger partial charge in [-0.3, -0.25) is 0 Å². The fourth-order valence-corrected chi connectivity index (χ4v) is 2.89. The molecule has 0 fully saturated rings. The zero-order chi connectivity index (χ0) is 13.0. The summed E-state index contributed by atoms with van der Waals surface area (Å²) in [5, 5.41) is 4.05. The first-order valence-electron chi connectivity index (χ1n) is 6.21. The lowest BCUT2D eigenvalue weighted by Gasteiger charge is -2.25. The quantitative estimate of drug-likeness (QED) is 0.731. The van der Waals surface area contributed by atoms with Gasteiger partial charge in [-0.25, -0.2) is 0 Å². The van der Waals surface area contributed by atoms with Gasteiger partial charge in [0.25, 0.3) is 0 Å². The highest BCUT2D eigenvalue weighted by Gasteiger charge is 2.17. The SMILES string of the molecule is CCC(c1cccs1)N(C)Oc1ccc(C)cc1.Cl.